The van der Waals surface area contributed by atoms with E-state index in [0.29, 0.717) is 10.9 Å². The predicted octanol–water partition coefficient (Wildman–Crippen LogP) is 5.06. The third-order valence-corrected chi connectivity index (χ3v) is 4.42. The van der Waals surface area contributed by atoms with E-state index in [2.05, 4.69) is 29.0 Å². The molecule has 4 aromatic rings. The van der Waals surface area contributed by atoms with Crippen molar-refractivity contribution in [2.45, 2.75) is 0 Å². The highest BCUT2D eigenvalue weighted by molar-refractivity contribution is 6.31. The van der Waals surface area contributed by atoms with E-state index in [9.17, 15) is 0 Å². The molecule has 4 rings (SSSR count). The van der Waals surface area contributed by atoms with Crippen LogP contribution in [0.15, 0.2) is 72.9 Å². The van der Waals surface area contributed by atoms with E-state index < -0.39 is 0 Å². The van der Waals surface area contributed by atoms with Gasteiger partial charge in [0.25, 0.3) is 0 Å². The average molecular weight is 359 g/mol. The van der Waals surface area contributed by atoms with Crippen molar-refractivity contribution in [2.24, 2.45) is 0 Å². The maximum atomic E-state index is 6.18. The van der Waals surface area contributed by atoms with Crippen molar-refractivity contribution in [1.29, 1.82) is 0 Å². The van der Waals surface area contributed by atoms with Gasteiger partial charge >= 0.3 is 0 Å². The molecule has 126 valence electrons. The van der Waals surface area contributed by atoms with Crippen LogP contribution in [0, 0.1) is 11.8 Å². The molecule has 0 N–H and O–H groups in total. The van der Waals surface area contributed by atoms with Gasteiger partial charge in [0.05, 0.1) is 18.3 Å². The zero-order valence-corrected chi connectivity index (χ0v) is 14.9. The Bertz CT molecular complexity index is 1140. The van der Waals surface area contributed by atoms with E-state index >= 15 is 0 Å². The molecule has 2 aromatic carbocycles. The molecule has 4 heteroatoms. The van der Waals surface area contributed by atoms with Crippen molar-refractivity contribution >= 4 is 17.2 Å². The normalized spacial score (nSPS) is 10.4. The van der Waals surface area contributed by atoms with Crippen LogP contribution < -0.4 is 4.74 Å². The molecule has 0 atom stereocenters. The minimum atomic E-state index is 0.632. The molecule has 0 unspecified atom stereocenters. The second-order valence-electron chi connectivity index (χ2n) is 5.72. The van der Waals surface area contributed by atoms with Crippen LogP contribution in [0.25, 0.3) is 16.8 Å². The predicted molar refractivity (Wildman–Crippen MR) is 105 cm³/mol. The summed E-state index contributed by atoms with van der Waals surface area (Å²) in [4.78, 5) is 4.50. The molecule has 0 amide bonds. The number of imidazole rings is 1. The van der Waals surface area contributed by atoms with Gasteiger partial charge in [-0.2, -0.15) is 0 Å². The van der Waals surface area contributed by atoms with Gasteiger partial charge in [0.2, 0.25) is 5.88 Å². The summed E-state index contributed by atoms with van der Waals surface area (Å²) in [6.07, 6.45) is 1.75. The average Bonchev–Trinajstić information content (AvgIpc) is 3.10. The number of hydrogen-bond donors (Lipinski definition) is 0. The smallest absolute Gasteiger partial charge is 0.200 e. The lowest BCUT2D eigenvalue weighted by Gasteiger charge is -2.09. The van der Waals surface area contributed by atoms with Gasteiger partial charge in [-0.05, 0) is 35.2 Å². The number of hydrogen-bond acceptors (Lipinski definition) is 2. The van der Waals surface area contributed by atoms with Crippen LogP contribution in [0.1, 0.15) is 11.3 Å². The van der Waals surface area contributed by atoms with E-state index in [1.165, 1.54) is 0 Å². The summed E-state index contributed by atoms with van der Waals surface area (Å²) in [6.45, 7) is 0. The van der Waals surface area contributed by atoms with Gasteiger partial charge in [-0.25, -0.2) is 4.98 Å². The fourth-order valence-corrected chi connectivity index (χ4v) is 2.99. The minimum Gasteiger partial charge on any atom is -0.482 e. The monoisotopic (exact) mass is 358 g/mol. The first-order valence-electron chi connectivity index (χ1n) is 8.14. The highest BCUT2D eigenvalue weighted by Gasteiger charge is 2.10. The van der Waals surface area contributed by atoms with Crippen LogP contribution in [-0.4, -0.2) is 16.5 Å². The minimum absolute atomic E-state index is 0.632. The van der Waals surface area contributed by atoms with Crippen LogP contribution >= 0.6 is 11.6 Å². The van der Waals surface area contributed by atoms with Gasteiger partial charge < -0.3 is 4.74 Å². The van der Waals surface area contributed by atoms with Crippen molar-refractivity contribution in [3.05, 3.63) is 89.2 Å². The molecule has 0 bridgehead atoms. The molecule has 0 aliphatic carbocycles. The number of pyridine rings is 1. The van der Waals surface area contributed by atoms with Gasteiger partial charge in [0.15, 0.2) is 0 Å². The summed E-state index contributed by atoms with van der Waals surface area (Å²) in [5.41, 5.74) is 4.47. The van der Waals surface area contributed by atoms with Crippen molar-refractivity contribution in [3.8, 4) is 28.8 Å². The van der Waals surface area contributed by atoms with E-state index in [-0.39, 0.29) is 0 Å². The van der Waals surface area contributed by atoms with Gasteiger partial charge in [0.1, 0.15) is 11.3 Å². The van der Waals surface area contributed by atoms with Crippen molar-refractivity contribution in [1.82, 2.24) is 9.38 Å². The number of methoxy groups -OCH3 is 1. The molecule has 0 fully saturated rings. The molecule has 3 nitrogen and oxygen atoms in total. The highest BCUT2D eigenvalue weighted by atomic mass is 35.5. The zero-order chi connectivity index (χ0) is 17.9. The molecule has 0 radical (unpaired) electrons. The number of nitrogens with zero attached hydrogens (tertiary/aromatic N) is 2. The third kappa shape index (κ3) is 3.03. The highest BCUT2D eigenvalue weighted by Crippen LogP contribution is 2.27. The molecule has 26 heavy (non-hydrogen) atoms. The Hall–Kier alpha value is -3.22. The summed E-state index contributed by atoms with van der Waals surface area (Å²) < 4.78 is 7.49. The second kappa shape index (κ2) is 6.95. The second-order valence-corrected chi connectivity index (χ2v) is 6.13. The quantitative estimate of drug-likeness (QED) is 0.468. The topological polar surface area (TPSA) is 26.5 Å². The van der Waals surface area contributed by atoms with Gasteiger partial charge in [-0.15, -0.1) is 0 Å². The third-order valence-electron chi connectivity index (χ3n) is 4.09. The summed E-state index contributed by atoms with van der Waals surface area (Å²) in [7, 11) is 1.65. The SMILES string of the molecule is COc1cc(-c2ccccc2)cc2ncc(C#Cc3ccccc3Cl)n12. The Labute approximate surface area is 156 Å². The summed E-state index contributed by atoms with van der Waals surface area (Å²) in [5.74, 6) is 6.93. The summed E-state index contributed by atoms with van der Waals surface area (Å²) in [6, 6.07) is 21.7. The Morgan fingerprint density at radius 3 is 2.46 bits per heavy atom. The number of rotatable bonds is 2. The Kier molecular flexibility index (Phi) is 4.35. The summed E-state index contributed by atoms with van der Waals surface area (Å²) in [5, 5.41) is 0.632. The standard InChI is InChI=1S/C22H15ClN2O/c1-26-22-14-18(16-7-3-2-4-8-16)13-21-24-15-19(25(21)22)12-11-17-9-5-6-10-20(17)23/h2-10,13-15H,1H3. The summed E-state index contributed by atoms with van der Waals surface area (Å²) >= 11 is 6.18. The molecule has 0 saturated carbocycles. The van der Waals surface area contributed by atoms with E-state index in [1.54, 1.807) is 13.3 Å². The molecule has 0 aliphatic heterocycles. The van der Waals surface area contributed by atoms with Gasteiger partial charge in [-0.3, -0.25) is 4.40 Å². The molecular weight excluding hydrogens is 344 g/mol. The zero-order valence-electron chi connectivity index (χ0n) is 14.1. The molecule has 2 aromatic heterocycles. The lowest BCUT2D eigenvalue weighted by atomic mass is 10.1. The maximum Gasteiger partial charge on any atom is 0.200 e. The molecule has 0 spiro atoms. The first-order chi connectivity index (χ1) is 12.8. The number of benzene rings is 2. The molecule has 0 aliphatic rings. The van der Waals surface area contributed by atoms with Crippen LogP contribution in [0.4, 0.5) is 0 Å². The number of ether oxygens (including phenoxy) is 1. The lowest BCUT2D eigenvalue weighted by molar-refractivity contribution is 0.392. The number of halogens is 1. The molecular formula is C22H15ClN2O. The van der Waals surface area contributed by atoms with E-state index in [0.717, 1.165) is 28.0 Å². The Morgan fingerprint density at radius 1 is 0.923 bits per heavy atom. The Morgan fingerprint density at radius 2 is 1.69 bits per heavy atom. The largest absolute Gasteiger partial charge is 0.482 e. The maximum absolute atomic E-state index is 6.18. The van der Waals surface area contributed by atoms with Crippen LogP contribution in [0.3, 0.4) is 0 Å². The first kappa shape index (κ1) is 16.3. The van der Waals surface area contributed by atoms with Crippen LogP contribution in [0.2, 0.25) is 5.02 Å². The first-order valence-corrected chi connectivity index (χ1v) is 8.51. The van der Waals surface area contributed by atoms with Gasteiger partial charge in [0, 0.05) is 11.6 Å². The van der Waals surface area contributed by atoms with Crippen LogP contribution in [0.5, 0.6) is 5.88 Å². The van der Waals surface area contributed by atoms with Crippen molar-refractivity contribution < 1.29 is 4.74 Å². The fraction of sp³-hybridized carbons (Fsp3) is 0.0455. The van der Waals surface area contributed by atoms with Gasteiger partial charge in [-0.1, -0.05) is 60.0 Å². The van der Waals surface area contributed by atoms with Crippen molar-refractivity contribution in [3.63, 3.8) is 0 Å². The molecule has 2 heterocycles. The fourth-order valence-electron chi connectivity index (χ4n) is 2.81. The lowest BCUT2D eigenvalue weighted by Crippen LogP contribution is -1.97. The van der Waals surface area contributed by atoms with Crippen LogP contribution in [-0.2, 0) is 0 Å². The number of aromatic nitrogens is 2. The number of fused-ring (bicyclic) bond motifs is 1. The van der Waals surface area contributed by atoms with E-state index in [1.807, 2.05) is 59.0 Å². The molecule has 0 saturated heterocycles. The Balaban J connectivity index is 1.83. The van der Waals surface area contributed by atoms with Crippen molar-refractivity contribution in [2.75, 3.05) is 7.11 Å². The van der Waals surface area contributed by atoms with E-state index in [4.69, 9.17) is 16.3 Å².